The van der Waals surface area contributed by atoms with Gasteiger partial charge >= 0.3 is 5.97 Å². The molecule has 2 unspecified atom stereocenters. The first kappa shape index (κ1) is 66.3. The van der Waals surface area contributed by atoms with Crippen LogP contribution < -0.4 is 5.32 Å². The largest absolute Gasteiger partial charge is 0.466 e. The van der Waals surface area contributed by atoms with Gasteiger partial charge in [-0.1, -0.05) is 263 Å². The van der Waals surface area contributed by atoms with E-state index in [1.165, 1.54) is 225 Å². The Balaban J connectivity index is 3.48. The number of hydrogen-bond acceptors (Lipinski definition) is 5. The van der Waals surface area contributed by atoms with Gasteiger partial charge < -0.3 is 20.3 Å². The summed E-state index contributed by atoms with van der Waals surface area (Å²) in [6, 6.07) is -0.562. The van der Waals surface area contributed by atoms with Crippen molar-refractivity contribution in [3.8, 4) is 0 Å². The van der Waals surface area contributed by atoms with Crippen molar-refractivity contribution in [1.29, 1.82) is 0 Å². The number of unbranched alkanes of at least 4 members (excludes halogenated alkanes) is 42. The maximum absolute atomic E-state index is 12.5. The normalized spacial score (nSPS) is 12.7. The van der Waals surface area contributed by atoms with Crippen LogP contribution in [0.5, 0.6) is 0 Å². The van der Waals surface area contributed by atoms with Crippen molar-refractivity contribution in [3.63, 3.8) is 0 Å². The topological polar surface area (TPSA) is 95.9 Å². The summed E-state index contributed by atoms with van der Waals surface area (Å²) in [4.78, 5) is 24.5. The number of aliphatic hydroxyl groups is 2. The van der Waals surface area contributed by atoms with E-state index < -0.39 is 12.1 Å². The Labute approximate surface area is 424 Å². The molecule has 3 N–H and O–H groups in total. The first-order chi connectivity index (χ1) is 33.5. The van der Waals surface area contributed by atoms with Crippen LogP contribution in [0.3, 0.4) is 0 Å². The average Bonchev–Trinajstić information content (AvgIpc) is 3.34. The summed E-state index contributed by atoms with van der Waals surface area (Å²) in [6.45, 7) is 4.90. The van der Waals surface area contributed by atoms with Crippen LogP contribution in [0, 0.1) is 0 Å². The highest BCUT2D eigenvalue weighted by Gasteiger charge is 2.20. The van der Waals surface area contributed by atoms with Gasteiger partial charge in [-0.25, -0.2) is 0 Å². The van der Waals surface area contributed by atoms with E-state index in [0.29, 0.717) is 25.9 Å². The van der Waals surface area contributed by atoms with E-state index >= 15 is 0 Å². The van der Waals surface area contributed by atoms with Crippen LogP contribution in [0.15, 0.2) is 24.3 Å². The Morgan fingerprint density at radius 3 is 1.04 bits per heavy atom. The maximum atomic E-state index is 12.5. The molecule has 1 amide bonds. The predicted molar refractivity (Wildman–Crippen MR) is 296 cm³/mol. The van der Waals surface area contributed by atoms with E-state index in [-0.39, 0.29) is 18.5 Å². The number of allylic oxidation sites excluding steroid dienone is 4. The third-order valence-corrected chi connectivity index (χ3v) is 14.2. The molecular formula is C62H119NO5. The molecule has 0 aromatic heterocycles. The number of ether oxygens (including phenoxy) is 1. The number of carbonyl (C=O) groups excluding carboxylic acids is 2. The van der Waals surface area contributed by atoms with Gasteiger partial charge in [0.15, 0.2) is 0 Å². The van der Waals surface area contributed by atoms with E-state index in [0.717, 1.165) is 77.0 Å². The number of esters is 1. The fraction of sp³-hybridized carbons (Fsp3) is 0.903. The van der Waals surface area contributed by atoms with Crippen molar-refractivity contribution in [1.82, 2.24) is 5.32 Å². The molecule has 0 heterocycles. The quantitative estimate of drug-likeness (QED) is 0.0321. The molecule has 0 aliphatic rings. The van der Waals surface area contributed by atoms with Gasteiger partial charge in [-0.15, -0.1) is 0 Å². The second-order valence-electron chi connectivity index (χ2n) is 21.0. The van der Waals surface area contributed by atoms with E-state index in [1.54, 1.807) is 0 Å². The van der Waals surface area contributed by atoms with Crippen LogP contribution >= 0.6 is 0 Å². The molecule has 0 fully saturated rings. The lowest BCUT2D eigenvalue weighted by atomic mass is 10.0. The second-order valence-corrected chi connectivity index (χ2v) is 21.0. The summed E-state index contributed by atoms with van der Waals surface area (Å²) in [5, 5.41) is 23.4. The van der Waals surface area contributed by atoms with Crippen LogP contribution in [-0.2, 0) is 14.3 Å². The minimum absolute atomic E-state index is 0.0303. The van der Waals surface area contributed by atoms with Gasteiger partial charge in [0.05, 0.1) is 25.4 Å². The molecule has 0 aliphatic carbocycles. The molecule has 0 aromatic rings. The van der Waals surface area contributed by atoms with Crippen molar-refractivity contribution >= 4 is 11.9 Å². The summed E-state index contributed by atoms with van der Waals surface area (Å²) in [6.07, 6.45) is 70.4. The monoisotopic (exact) mass is 958 g/mol. The van der Waals surface area contributed by atoms with Crippen LogP contribution in [0.25, 0.3) is 0 Å². The number of nitrogens with one attached hydrogen (secondary N) is 1. The standard InChI is InChI=1S/C62H119NO5/c1-3-5-7-9-11-13-15-17-19-20-21-22-23-24-25-26-27-28-29-30-34-38-42-46-50-54-60(65)59(58-64)63-61(66)55-51-47-43-39-35-32-33-37-41-45-49-53-57-68-62(67)56-52-48-44-40-36-31-18-16-14-12-10-8-6-4-2/h16,18,33,37,59-60,64-65H,3-15,17,19-32,34-36,38-58H2,1-2H3,(H,63,66)/b18-16-,37-33-. The molecule has 0 rings (SSSR count). The van der Waals surface area contributed by atoms with Gasteiger partial charge in [-0.05, 0) is 83.5 Å². The Morgan fingerprint density at radius 2 is 0.691 bits per heavy atom. The Bertz CT molecular complexity index is 1060. The van der Waals surface area contributed by atoms with Gasteiger partial charge in [0.1, 0.15) is 0 Å². The van der Waals surface area contributed by atoms with E-state index in [9.17, 15) is 19.8 Å². The number of carbonyl (C=O) groups is 2. The molecule has 0 aliphatic heterocycles. The summed E-state index contributed by atoms with van der Waals surface area (Å²) in [5.41, 5.74) is 0. The summed E-state index contributed by atoms with van der Waals surface area (Å²) in [5.74, 6) is -0.0881. The summed E-state index contributed by atoms with van der Waals surface area (Å²) >= 11 is 0. The molecule has 2 atom stereocenters. The first-order valence-corrected chi connectivity index (χ1v) is 30.6. The second kappa shape index (κ2) is 57.9. The SMILES string of the molecule is CCCCCCC/C=C\CCCCCCCC(=O)OCCCCC/C=C\CCCCCCCC(=O)NC(CO)C(O)CCCCCCCCCCCCCCCCCCCCCCCCCCC. The molecule has 0 radical (unpaired) electrons. The van der Waals surface area contributed by atoms with Crippen LogP contribution in [0.4, 0.5) is 0 Å². The van der Waals surface area contributed by atoms with Crippen LogP contribution in [0.1, 0.15) is 335 Å². The molecule has 0 bridgehead atoms. The lowest BCUT2D eigenvalue weighted by Crippen LogP contribution is -2.45. The van der Waals surface area contributed by atoms with Crippen molar-refractivity contribution < 1.29 is 24.5 Å². The van der Waals surface area contributed by atoms with Gasteiger partial charge in [-0.2, -0.15) is 0 Å². The Morgan fingerprint density at radius 1 is 0.397 bits per heavy atom. The average molecular weight is 959 g/mol. The lowest BCUT2D eigenvalue weighted by Gasteiger charge is -2.22. The molecule has 0 saturated carbocycles. The molecule has 402 valence electrons. The first-order valence-electron chi connectivity index (χ1n) is 30.6. The fourth-order valence-corrected chi connectivity index (χ4v) is 9.51. The molecule has 0 saturated heterocycles. The highest BCUT2D eigenvalue weighted by molar-refractivity contribution is 5.76. The number of rotatable bonds is 57. The fourth-order valence-electron chi connectivity index (χ4n) is 9.51. The minimum Gasteiger partial charge on any atom is -0.466 e. The summed E-state index contributed by atoms with van der Waals surface area (Å²) in [7, 11) is 0. The number of amides is 1. The van der Waals surface area contributed by atoms with Gasteiger partial charge in [0, 0.05) is 12.8 Å². The Kier molecular flexibility index (Phi) is 56.5. The van der Waals surface area contributed by atoms with Crippen LogP contribution in [0.2, 0.25) is 0 Å². The molecule has 6 nitrogen and oxygen atoms in total. The summed E-state index contributed by atoms with van der Waals surface area (Å²) < 4.78 is 5.45. The van der Waals surface area contributed by atoms with Gasteiger partial charge in [0.2, 0.25) is 5.91 Å². The van der Waals surface area contributed by atoms with Crippen LogP contribution in [-0.4, -0.2) is 47.4 Å². The van der Waals surface area contributed by atoms with Crippen molar-refractivity contribution in [3.05, 3.63) is 24.3 Å². The zero-order valence-corrected chi connectivity index (χ0v) is 45.9. The van der Waals surface area contributed by atoms with E-state index in [2.05, 4.69) is 43.5 Å². The highest BCUT2D eigenvalue weighted by Crippen LogP contribution is 2.18. The predicted octanol–water partition coefficient (Wildman–Crippen LogP) is 19.0. The smallest absolute Gasteiger partial charge is 0.305 e. The number of aliphatic hydroxyl groups excluding tert-OH is 2. The molecule has 0 spiro atoms. The third kappa shape index (κ3) is 53.7. The highest BCUT2D eigenvalue weighted by atomic mass is 16.5. The van der Waals surface area contributed by atoms with Crippen molar-refractivity contribution in [2.24, 2.45) is 0 Å². The van der Waals surface area contributed by atoms with Gasteiger partial charge in [0.25, 0.3) is 0 Å². The third-order valence-electron chi connectivity index (χ3n) is 14.2. The minimum atomic E-state index is -0.682. The molecular weight excluding hydrogens is 839 g/mol. The van der Waals surface area contributed by atoms with Crippen molar-refractivity contribution in [2.75, 3.05) is 13.2 Å². The van der Waals surface area contributed by atoms with E-state index in [4.69, 9.17) is 4.74 Å². The molecule has 68 heavy (non-hydrogen) atoms. The van der Waals surface area contributed by atoms with Gasteiger partial charge in [-0.3, -0.25) is 9.59 Å². The maximum Gasteiger partial charge on any atom is 0.305 e. The molecule has 6 heteroatoms. The number of hydrogen-bond donors (Lipinski definition) is 3. The Hall–Kier alpha value is -1.66. The zero-order valence-electron chi connectivity index (χ0n) is 45.9. The lowest BCUT2D eigenvalue weighted by molar-refractivity contribution is -0.143. The zero-order chi connectivity index (χ0) is 49.3. The molecule has 0 aromatic carbocycles. The van der Waals surface area contributed by atoms with E-state index in [1.807, 2.05) is 0 Å². The van der Waals surface area contributed by atoms with Crippen molar-refractivity contribution in [2.45, 2.75) is 347 Å².